The number of carbonyl (C=O) groups excluding carboxylic acids is 1. The van der Waals surface area contributed by atoms with Crippen molar-refractivity contribution >= 4 is 33.6 Å². The van der Waals surface area contributed by atoms with Crippen molar-refractivity contribution in [1.29, 1.82) is 0 Å². The van der Waals surface area contributed by atoms with Gasteiger partial charge in [0.2, 0.25) is 5.91 Å². The zero-order chi connectivity index (χ0) is 13.0. The van der Waals surface area contributed by atoms with Crippen LogP contribution in [0.3, 0.4) is 0 Å². The monoisotopic (exact) mass is 328 g/mol. The summed E-state index contributed by atoms with van der Waals surface area (Å²) in [5, 5.41) is 3.34. The average Bonchev–Trinajstić information content (AvgIpc) is 2.36. The number of amides is 1. The van der Waals surface area contributed by atoms with Crippen molar-refractivity contribution in [1.82, 2.24) is 10.2 Å². The van der Waals surface area contributed by atoms with E-state index >= 15 is 0 Å². The lowest BCUT2D eigenvalue weighted by molar-refractivity contribution is -0.129. The van der Waals surface area contributed by atoms with Gasteiger partial charge < -0.3 is 10.2 Å². The van der Waals surface area contributed by atoms with Crippen LogP contribution in [0.1, 0.15) is 6.92 Å². The number of rotatable bonds is 3. The number of nitrogens with one attached hydrogen (secondary N) is 1. The van der Waals surface area contributed by atoms with Gasteiger partial charge in [-0.15, -0.1) is 11.8 Å². The van der Waals surface area contributed by atoms with Crippen LogP contribution in [0.15, 0.2) is 33.6 Å². The molecule has 0 spiro atoms. The van der Waals surface area contributed by atoms with Gasteiger partial charge >= 0.3 is 0 Å². The Morgan fingerprint density at radius 2 is 2.44 bits per heavy atom. The van der Waals surface area contributed by atoms with Gasteiger partial charge in [0, 0.05) is 35.0 Å². The predicted molar refractivity (Wildman–Crippen MR) is 78.9 cm³/mol. The minimum Gasteiger partial charge on any atom is -0.339 e. The van der Waals surface area contributed by atoms with Gasteiger partial charge in [0.05, 0.1) is 5.75 Å². The molecule has 18 heavy (non-hydrogen) atoms. The molecule has 1 aliphatic rings. The summed E-state index contributed by atoms with van der Waals surface area (Å²) in [7, 11) is 0. The van der Waals surface area contributed by atoms with Crippen molar-refractivity contribution in [2.45, 2.75) is 17.9 Å². The number of hydrogen-bond donors (Lipinski definition) is 1. The van der Waals surface area contributed by atoms with Crippen LogP contribution < -0.4 is 5.32 Å². The minimum absolute atomic E-state index is 0.230. The lowest BCUT2D eigenvalue weighted by Gasteiger charge is -2.31. The molecule has 1 aromatic carbocycles. The highest BCUT2D eigenvalue weighted by molar-refractivity contribution is 9.10. The fourth-order valence-electron chi connectivity index (χ4n) is 1.95. The number of hydrogen-bond acceptors (Lipinski definition) is 3. The molecular formula is C13H17BrN2OS. The lowest BCUT2D eigenvalue weighted by atomic mass is 10.2. The van der Waals surface area contributed by atoms with Gasteiger partial charge in [0.25, 0.3) is 0 Å². The number of thioether (sulfide) groups is 1. The largest absolute Gasteiger partial charge is 0.339 e. The van der Waals surface area contributed by atoms with Crippen LogP contribution in [0, 0.1) is 0 Å². The van der Waals surface area contributed by atoms with Crippen molar-refractivity contribution in [3.63, 3.8) is 0 Å². The molecule has 0 unspecified atom stereocenters. The molecule has 0 radical (unpaired) electrons. The van der Waals surface area contributed by atoms with Gasteiger partial charge in [0.15, 0.2) is 0 Å². The summed E-state index contributed by atoms with van der Waals surface area (Å²) in [6.45, 7) is 4.65. The van der Waals surface area contributed by atoms with E-state index in [9.17, 15) is 4.79 Å². The molecule has 0 aliphatic carbocycles. The highest BCUT2D eigenvalue weighted by atomic mass is 79.9. The number of halogens is 1. The Labute approximate surface area is 120 Å². The van der Waals surface area contributed by atoms with Crippen LogP contribution in [-0.2, 0) is 4.79 Å². The summed E-state index contributed by atoms with van der Waals surface area (Å²) >= 11 is 5.03. The first-order valence-corrected chi connectivity index (χ1v) is 7.82. The fourth-order valence-corrected chi connectivity index (χ4v) is 3.36. The SMILES string of the molecule is C[C@@H]1CN(C(=O)CSc2cccc(Br)c2)CCN1. The second-order valence-electron chi connectivity index (χ2n) is 4.44. The third-order valence-corrected chi connectivity index (χ3v) is 4.35. The molecule has 2 rings (SSSR count). The maximum atomic E-state index is 12.1. The van der Waals surface area contributed by atoms with Crippen LogP contribution in [0.5, 0.6) is 0 Å². The standard InChI is InChI=1S/C13H17BrN2OS/c1-10-8-16(6-5-15-10)13(17)9-18-12-4-2-3-11(14)7-12/h2-4,7,10,15H,5-6,8-9H2,1H3/t10-/m1/s1. The first-order chi connectivity index (χ1) is 8.65. The fraction of sp³-hybridized carbons (Fsp3) is 0.462. The average molecular weight is 329 g/mol. The second-order valence-corrected chi connectivity index (χ2v) is 6.41. The van der Waals surface area contributed by atoms with E-state index in [0.29, 0.717) is 11.8 Å². The highest BCUT2D eigenvalue weighted by Crippen LogP contribution is 2.22. The zero-order valence-electron chi connectivity index (χ0n) is 10.4. The molecule has 1 heterocycles. The summed E-state index contributed by atoms with van der Waals surface area (Å²) in [5.74, 6) is 0.747. The Morgan fingerprint density at radius 1 is 1.61 bits per heavy atom. The minimum atomic E-state index is 0.230. The van der Waals surface area contributed by atoms with Crippen LogP contribution >= 0.6 is 27.7 Å². The highest BCUT2D eigenvalue weighted by Gasteiger charge is 2.20. The van der Waals surface area contributed by atoms with Crippen molar-refractivity contribution in [3.05, 3.63) is 28.7 Å². The van der Waals surface area contributed by atoms with E-state index in [1.165, 1.54) is 0 Å². The van der Waals surface area contributed by atoms with Crippen molar-refractivity contribution < 1.29 is 4.79 Å². The van der Waals surface area contributed by atoms with Crippen molar-refractivity contribution in [2.24, 2.45) is 0 Å². The summed E-state index contributed by atoms with van der Waals surface area (Å²) < 4.78 is 1.05. The summed E-state index contributed by atoms with van der Waals surface area (Å²) in [5.41, 5.74) is 0. The maximum Gasteiger partial charge on any atom is 0.233 e. The Balaban J connectivity index is 1.84. The summed E-state index contributed by atoms with van der Waals surface area (Å²) in [6, 6.07) is 8.45. The molecule has 98 valence electrons. The molecule has 5 heteroatoms. The van der Waals surface area contributed by atoms with Crippen LogP contribution in [0.2, 0.25) is 0 Å². The van der Waals surface area contributed by atoms with Crippen LogP contribution in [0.25, 0.3) is 0 Å². The summed E-state index contributed by atoms with van der Waals surface area (Å²) in [6.07, 6.45) is 0. The van der Waals surface area contributed by atoms with Crippen LogP contribution in [0.4, 0.5) is 0 Å². The Morgan fingerprint density at radius 3 is 3.17 bits per heavy atom. The van der Waals surface area contributed by atoms with E-state index in [4.69, 9.17) is 0 Å². The van der Waals surface area contributed by atoms with E-state index < -0.39 is 0 Å². The molecule has 1 amide bonds. The first-order valence-electron chi connectivity index (χ1n) is 6.04. The third kappa shape index (κ3) is 4.00. The molecule has 1 atom stereocenters. The van der Waals surface area contributed by atoms with Gasteiger partial charge in [-0.25, -0.2) is 0 Å². The Bertz CT molecular complexity index is 427. The van der Waals surface area contributed by atoms with Gasteiger partial charge in [0.1, 0.15) is 0 Å². The summed E-state index contributed by atoms with van der Waals surface area (Å²) in [4.78, 5) is 15.1. The van der Waals surface area contributed by atoms with E-state index in [2.05, 4.69) is 28.2 Å². The number of nitrogens with zero attached hydrogens (tertiary/aromatic N) is 1. The van der Waals surface area contributed by atoms with E-state index in [0.717, 1.165) is 29.0 Å². The molecule has 3 nitrogen and oxygen atoms in total. The molecule has 0 aromatic heterocycles. The van der Waals surface area contributed by atoms with E-state index in [-0.39, 0.29) is 5.91 Å². The molecule has 1 fully saturated rings. The Kier molecular flexibility index (Phi) is 5.09. The molecule has 1 aliphatic heterocycles. The molecule has 1 N–H and O–H groups in total. The predicted octanol–water partition coefficient (Wildman–Crippen LogP) is 2.36. The molecule has 1 aromatic rings. The smallest absolute Gasteiger partial charge is 0.233 e. The topological polar surface area (TPSA) is 32.3 Å². The zero-order valence-corrected chi connectivity index (χ0v) is 12.8. The third-order valence-electron chi connectivity index (χ3n) is 2.88. The number of piperazine rings is 1. The first kappa shape index (κ1) is 13.9. The van der Waals surface area contributed by atoms with Crippen LogP contribution in [-0.4, -0.2) is 42.2 Å². The quantitative estimate of drug-likeness (QED) is 0.864. The van der Waals surface area contributed by atoms with Crippen molar-refractivity contribution in [3.8, 4) is 0 Å². The van der Waals surface area contributed by atoms with E-state index in [1.807, 2.05) is 29.2 Å². The molecule has 1 saturated heterocycles. The second kappa shape index (κ2) is 6.59. The maximum absolute atomic E-state index is 12.1. The van der Waals surface area contributed by atoms with E-state index in [1.54, 1.807) is 11.8 Å². The lowest BCUT2D eigenvalue weighted by Crippen LogP contribution is -2.51. The molecular weight excluding hydrogens is 312 g/mol. The van der Waals surface area contributed by atoms with Gasteiger partial charge in [-0.05, 0) is 25.1 Å². The molecule has 0 bridgehead atoms. The van der Waals surface area contributed by atoms with Crippen molar-refractivity contribution in [2.75, 3.05) is 25.4 Å². The Hall–Kier alpha value is -0.520. The normalized spacial score (nSPS) is 19.9. The van der Waals surface area contributed by atoms with Gasteiger partial charge in [-0.3, -0.25) is 4.79 Å². The molecule has 0 saturated carbocycles. The number of carbonyl (C=O) groups is 1. The van der Waals surface area contributed by atoms with Gasteiger partial charge in [-0.2, -0.15) is 0 Å². The van der Waals surface area contributed by atoms with Gasteiger partial charge in [-0.1, -0.05) is 22.0 Å². The number of benzene rings is 1.